The van der Waals surface area contributed by atoms with Crippen molar-refractivity contribution < 1.29 is 0 Å². The van der Waals surface area contributed by atoms with Gasteiger partial charge in [-0.25, -0.2) is 0 Å². The van der Waals surface area contributed by atoms with Crippen molar-refractivity contribution in [1.82, 2.24) is 9.97 Å². The van der Waals surface area contributed by atoms with Gasteiger partial charge in [-0.1, -0.05) is 6.58 Å². The van der Waals surface area contributed by atoms with Crippen molar-refractivity contribution >= 4 is 17.5 Å². The quantitative estimate of drug-likeness (QED) is 0.571. The second kappa shape index (κ2) is 3.18. The average molecular weight is 181 g/mol. The third-order valence-corrected chi connectivity index (χ3v) is 1.56. The molecule has 0 amide bonds. The van der Waals surface area contributed by atoms with Crippen molar-refractivity contribution in [3.05, 3.63) is 23.1 Å². The van der Waals surface area contributed by atoms with Crippen LogP contribution in [0.25, 0.3) is 0 Å². The molecule has 0 atom stereocenters. The maximum Gasteiger partial charge on any atom is 0.277 e. The molecule has 0 unspecified atom stereocenters. The molecule has 0 aliphatic rings. The molecule has 6 nitrogen and oxygen atoms in total. The predicted molar refractivity (Wildman–Crippen MR) is 52.3 cm³/mol. The molecule has 5 N–H and O–H groups in total. The smallest absolute Gasteiger partial charge is 0.277 e. The first-order valence-corrected chi connectivity index (χ1v) is 3.57. The van der Waals surface area contributed by atoms with Gasteiger partial charge in [0.2, 0.25) is 5.95 Å². The molecular formula is C7H11N5O. The molecule has 0 aliphatic heterocycles. The van der Waals surface area contributed by atoms with Crippen LogP contribution in [-0.4, -0.2) is 17.0 Å². The van der Waals surface area contributed by atoms with E-state index in [1.54, 1.807) is 7.05 Å². The molecule has 1 aromatic rings. The summed E-state index contributed by atoms with van der Waals surface area (Å²) < 4.78 is 0. The summed E-state index contributed by atoms with van der Waals surface area (Å²) in [7, 11) is 1.67. The summed E-state index contributed by atoms with van der Waals surface area (Å²) in [6.45, 7) is 3.51. The van der Waals surface area contributed by atoms with E-state index >= 15 is 0 Å². The van der Waals surface area contributed by atoms with Gasteiger partial charge < -0.3 is 16.4 Å². The zero-order valence-electron chi connectivity index (χ0n) is 7.24. The van der Waals surface area contributed by atoms with Crippen molar-refractivity contribution in [3.63, 3.8) is 0 Å². The molecule has 1 rings (SSSR count). The number of nitrogen functional groups attached to an aromatic ring is 2. The Morgan fingerprint density at radius 1 is 1.62 bits per heavy atom. The highest BCUT2D eigenvalue weighted by Gasteiger charge is 2.08. The summed E-state index contributed by atoms with van der Waals surface area (Å²) >= 11 is 0. The first kappa shape index (κ1) is 9.11. The van der Waals surface area contributed by atoms with Gasteiger partial charge in [-0.05, 0) is 6.20 Å². The number of nitrogens with zero attached hydrogens (tertiary/aromatic N) is 2. The highest BCUT2D eigenvalue weighted by atomic mass is 16.1. The fraction of sp³-hybridized carbons (Fsp3) is 0.143. The van der Waals surface area contributed by atoms with Crippen LogP contribution in [0.15, 0.2) is 17.6 Å². The van der Waals surface area contributed by atoms with Gasteiger partial charge in [-0.15, -0.1) is 0 Å². The molecule has 70 valence electrons. The Morgan fingerprint density at radius 2 is 2.23 bits per heavy atom. The summed E-state index contributed by atoms with van der Waals surface area (Å²) in [5, 5.41) is 0. The molecule has 1 aromatic heterocycles. The monoisotopic (exact) mass is 181 g/mol. The molecular weight excluding hydrogens is 170 g/mol. The van der Waals surface area contributed by atoms with Crippen molar-refractivity contribution in [2.24, 2.45) is 0 Å². The molecule has 0 aromatic carbocycles. The van der Waals surface area contributed by atoms with Gasteiger partial charge in [0.1, 0.15) is 5.69 Å². The van der Waals surface area contributed by atoms with E-state index in [0.29, 0.717) is 5.82 Å². The van der Waals surface area contributed by atoms with Crippen LogP contribution in [0.1, 0.15) is 0 Å². The van der Waals surface area contributed by atoms with Crippen LogP contribution in [0.5, 0.6) is 0 Å². The molecule has 0 bridgehead atoms. The van der Waals surface area contributed by atoms with Gasteiger partial charge >= 0.3 is 0 Å². The van der Waals surface area contributed by atoms with Crippen LogP contribution in [0.4, 0.5) is 17.5 Å². The molecule has 0 fully saturated rings. The SMILES string of the molecule is C=CN(C)c1nc(N)[nH]c(=O)c1N. The summed E-state index contributed by atoms with van der Waals surface area (Å²) in [6.07, 6.45) is 1.48. The largest absolute Gasteiger partial charge is 0.391 e. The zero-order valence-corrected chi connectivity index (χ0v) is 7.24. The molecule has 0 radical (unpaired) electrons. The summed E-state index contributed by atoms with van der Waals surface area (Å²) in [4.78, 5) is 18.8. The minimum atomic E-state index is -0.448. The summed E-state index contributed by atoms with van der Waals surface area (Å²) in [6, 6.07) is 0. The number of nitrogens with one attached hydrogen (secondary N) is 1. The highest BCUT2D eigenvalue weighted by Crippen LogP contribution is 2.14. The van der Waals surface area contributed by atoms with Crippen molar-refractivity contribution in [1.29, 1.82) is 0 Å². The number of aromatic nitrogens is 2. The molecule has 13 heavy (non-hydrogen) atoms. The molecule has 1 heterocycles. The number of hydrogen-bond donors (Lipinski definition) is 3. The topological polar surface area (TPSA) is 101 Å². The minimum absolute atomic E-state index is 0.0246. The lowest BCUT2D eigenvalue weighted by Crippen LogP contribution is -2.21. The third-order valence-electron chi connectivity index (χ3n) is 1.56. The first-order chi connectivity index (χ1) is 6.06. The van der Waals surface area contributed by atoms with Crippen LogP contribution < -0.4 is 21.9 Å². The van der Waals surface area contributed by atoms with Crippen LogP contribution in [0.3, 0.4) is 0 Å². The lowest BCUT2D eigenvalue weighted by Gasteiger charge is -2.13. The van der Waals surface area contributed by atoms with E-state index in [1.165, 1.54) is 11.1 Å². The van der Waals surface area contributed by atoms with E-state index in [0.717, 1.165) is 0 Å². The van der Waals surface area contributed by atoms with Gasteiger partial charge in [-0.2, -0.15) is 4.98 Å². The summed E-state index contributed by atoms with van der Waals surface area (Å²) in [5.74, 6) is 0.333. The Morgan fingerprint density at radius 3 is 2.77 bits per heavy atom. The van der Waals surface area contributed by atoms with Crippen LogP contribution in [0.2, 0.25) is 0 Å². The molecule has 0 saturated carbocycles. The summed E-state index contributed by atoms with van der Waals surface area (Å²) in [5.41, 5.74) is 10.4. The highest BCUT2D eigenvalue weighted by molar-refractivity contribution is 5.63. The molecule has 0 aliphatic carbocycles. The third kappa shape index (κ3) is 1.61. The second-order valence-corrected chi connectivity index (χ2v) is 2.48. The number of anilines is 3. The van der Waals surface area contributed by atoms with Gasteiger partial charge in [0.05, 0.1) is 0 Å². The number of rotatable bonds is 2. The Balaban J connectivity index is 3.36. The standard InChI is InChI=1S/C7H11N5O/c1-3-12(2)5-4(8)6(13)11-7(9)10-5/h3H,1,8H2,2H3,(H3,9,10,11,13). The van der Waals surface area contributed by atoms with Crippen molar-refractivity contribution in [2.45, 2.75) is 0 Å². The second-order valence-electron chi connectivity index (χ2n) is 2.48. The van der Waals surface area contributed by atoms with Crippen molar-refractivity contribution in [3.8, 4) is 0 Å². The predicted octanol–water partition coefficient (Wildman–Crippen LogP) is -0.486. The van der Waals surface area contributed by atoms with E-state index in [9.17, 15) is 4.79 Å². The number of nitrogens with two attached hydrogens (primary N) is 2. The Kier molecular flexibility index (Phi) is 2.23. The van der Waals surface area contributed by atoms with Gasteiger partial charge in [-0.3, -0.25) is 9.78 Å². The lowest BCUT2D eigenvalue weighted by molar-refractivity contribution is 1.07. The van der Waals surface area contributed by atoms with Crippen LogP contribution >= 0.6 is 0 Å². The fourth-order valence-electron chi connectivity index (χ4n) is 0.843. The van der Waals surface area contributed by atoms with E-state index in [2.05, 4.69) is 16.5 Å². The first-order valence-electron chi connectivity index (χ1n) is 3.57. The molecule has 0 spiro atoms. The number of hydrogen-bond acceptors (Lipinski definition) is 5. The molecule has 6 heteroatoms. The molecule has 0 saturated heterocycles. The maximum atomic E-state index is 11.1. The van der Waals surface area contributed by atoms with E-state index in [-0.39, 0.29) is 11.6 Å². The Bertz CT molecular complexity index is 383. The van der Waals surface area contributed by atoms with Gasteiger partial charge in [0, 0.05) is 7.05 Å². The maximum absolute atomic E-state index is 11.1. The van der Waals surface area contributed by atoms with Gasteiger partial charge in [0.25, 0.3) is 5.56 Å². The Labute approximate surface area is 74.9 Å². The average Bonchev–Trinajstić information content (AvgIpc) is 2.10. The van der Waals surface area contributed by atoms with Gasteiger partial charge in [0.15, 0.2) is 5.82 Å². The number of H-pyrrole nitrogens is 1. The zero-order chi connectivity index (χ0) is 10.0. The Hall–Kier alpha value is -1.98. The van der Waals surface area contributed by atoms with E-state index in [4.69, 9.17) is 11.5 Å². The van der Waals surface area contributed by atoms with Crippen molar-refractivity contribution in [2.75, 3.05) is 23.4 Å². The van der Waals surface area contributed by atoms with Crippen LogP contribution in [-0.2, 0) is 0 Å². The van der Waals surface area contributed by atoms with E-state index < -0.39 is 5.56 Å². The lowest BCUT2D eigenvalue weighted by atomic mass is 10.4. The fourth-order valence-corrected chi connectivity index (χ4v) is 0.843. The minimum Gasteiger partial charge on any atom is -0.391 e. The van der Waals surface area contributed by atoms with Crippen LogP contribution in [0, 0.1) is 0 Å². The normalized spacial score (nSPS) is 9.62. The number of aromatic amines is 1. The van der Waals surface area contributed by atoms with E-state index in [1.807, 2.05) is 0 Å².